The van der Waals surface area contributed by atoms with Crippen molar-refractivity contribution in [1.29, 1.82) is 0 Å². The van der Waals surface area contributed by atoms with Gasteiger partial charge in [0.1, 0.15) is 5.82 Å². The van der Waals surface area contributed by atoms with Gasteiger partial charge in [0, 0.05) is 0 Å². The lowest BCUT2D eigenvalue weighted by Gasteiger charge is -2.03. The van der Waals surface area contributed by atoms with E-state index in [9.17, 15) is 8.78 Å². The molecule has 4 heteroatoms. The Hall–Kier alpha value is -1.45. The van der Waals surface area contributed by atoms with Crippen LogP contribution in [-0.2, 0) is 0 Å². The zero-order valence-corrected chi connectivity index (χ0v) is 7.04. The molecule has 0 bridgehead atoms. The number of nitrogens with zero attached hydrogens (tertiary/aromatic N) is 2. The lowest BCUT2D eigenvalue weighted by atomic mass is 10.3. The Balaban J connectivity index is 2.78. The van der Waals surface area contributed by atoms with Crippen molar-refractivity contribution in [3.63, 3.8) is 0 Å². The number of alkyl halides is 2. The maximum absolute atomic E-state index is 12.5. The predicted octanol–water partition coefficient (Wildman–Crippen LogP) is 2.74. The molecule has 2 aromatic rings. The number of imidazole rings is 1. The molecule has 1 aromatic carbocycles. The molecule has 0 radical (unpaired) electrons. The lowest BCUT2D eigenvalue weighted by Crippen LogP contribution is -1.99. The van der Waals surface area contributed by atoms with Gasteiger partial charge in [-0.05, 0) is 19.1 Å². The quantitative estimate of drug-likeness (QED) is 0.663. The first kappa shape index (κ1) is 8.16. The number of benzene rings is 1. The van der Waals surface area contributed by atoms with Crippen molar-refractivity contribution in [3.8, 4) is 0 Å². The second kappa shape index (κ2) is 2.80. The molecule has 0 aliphatic rings. The van der Waals surface area contributed by atoms with Crippen molar-refractivity contribution in [1.82, 2.24) is 9.55 Å². The van der Waals surface area contributed by atoms with Crippen molar-refractivity contribution in [2.45, 2.75) is 13.5 Å². The Morgan fingerprint density at radius 2 is 2.00 bits per heavy atom. The number of aryl methyl sites for hydroxylation is 1. The Morgan fingerprint density at radius 1 is 1.31 bits per heavy atom. The van der Waals surface area contributed by atoms with E-state index in [2.05, 4.69) is 4.98 Å². The highest BCUT2D eigenvalue weighted by Crippen LogP contribution is 2.21. The third kappa shape index (κ3) is 1.18. The van der Waals surface area contributed by atoms with Crippen LogP contribution in [0.1, 0.15) is 12.4 Å². The summed E-state index contributed by atoms with van der Waals surface area (Å²) in [6.07, 6.45) is 0. The minimum atomic E-state index is -2.52. The van der Waals surface area contributed by atoms with Gasteiger partial charge >= 0.3 is 6.55 Å². The monoisotopic (exact) mass is 182 g/mol. The van der Waals surface area contributed by atoms with Crippen LogP contribution >= 0.6 is 0 Å². The Kier molecular flexibility index (Phi) is 1.76. The van der Waals surface area contributed by atoms with E-state index in [1.807, 2.05) is 0 Å². The molecule has 2 nitrogen and oxygen atoms in total. The highest BCUT2D eigenvalue weighted by atomic mass is 19.3. The van der Waals surface area contributed by atoms with E-state index in [0.29, 0.717) is 16.9 Å². The first-order valence-corrected chi connectivity index (χ1v) is 3.92. The smallest absolute Gasteiger partial charge is 0.270 e. The molecule has 0 saturated carbocycles. The Labute approximate surface area is 73.8 Å². The van der Waals surface area contributed by atoms with Gasteiger partial charge in [-0.2, -0.15) is 8.78 Å². The summed E-state index contributed by atoms with van der Waals surface area (Å²) in [7, 11) is 0. The van der Waals surface area contributed by atoms with Crippen molar-refractivity contribution in [2.24, 2.45) is 0 Å². The van der Waals surface area contributed by atoms with Crippen LogP contribution in [-0.4, -0.2) is 9.55 Å². The Bertz CT molecular complexity index is 434. The summed E-state index contributed by atoms with van der Waals surface area (Å²) >= 11 is 0. The van der Waals surface area contributed by atoms with Crippen LogP contribution in [0, 0.1) is 6.92 Å². The highest BCUT2D eigenvalue weighted by molar-refractivity contribution is 5.75. The first-order valence-electron chi connectivity index (χ1n) is 3.92. The summed E-state index contributed by atoms with van der Waals surface area (Å²) in [5.41, 5.74) is 1.09. The van der Waals surface area contributed by atoms with Gasteiger partial charge in [-0.3, -0.25) is 4.57 Å². The molecule has 68 valence electrons. The zero-order chi connectivity index (χ0) is 9.42. The second-order valence-electron chi connectivity index (χ2n) is 2.80. The molecule has 0 aliphatic carbocycles. The maximum atomic E-state index is 12.5. The van der Waals surface area contributed by atoms with Crippen molar-refractivity contribution in [2.75, 3.05) is 0 Å². The summed E-state index contributed by atoms with van der Waals surface area (Å²) in [5.74, 6) is 0.344. The number of para-hydroxylation sites is 2. The first-order chi connectivity index (χ1) is 6.20. The van der Waals surface area contributed by atoms with Gasteiger partial charge in [0.2, 0.25) is 0 Å². The summed E-state index contributed by atoms with van der Waals surface area (Å²) < 4.78 is 26.0. The number of hydrogen-bond donors (Lipinski definition) is 0. The molecule has 0 spiro atoms. The molecule has 2 rings (SSSR count). The molecule has 0 fully saturated rings. The molecular formula is C9H8F2N2. The summed E-state index contributed by atoms with van der Waals surface area (Å²) in [6, 6.07) is 6.87. The molecule has 0 unspecified atom stereocenters. The van der Waals surface area contributed by atoms with Gasteiger partial charge in [0.25, 0.3) is 0 Å². The van der Waals surface area contributed by atoms with Crippen LogP contribution in [0.15, 0.2) is 24.3 Å². The molecule has 13 heavy (non-hydrogen) atoms. The molecule has 0 atom stereocenters. The molecule has 0 saturated heterocycles. The number of fused-ring (bicyclic) bond motifs is 1. The van der Waals surface area contributed by atoms with Crippen LogP contribution in [0.3, 0.4) is 0 Å². The van der Waals surface area contributed by atoms with Crippen molar-refractivity contribution < 1.29 is 8.78 Å². The van der Waals surface area contributed by atoms with Crippen molar-refractivity contribution >= 4 is 11.0 Å². The van der Waals surface area contributed by atoms with Crippen LogP contribution in [0.5, 0.6) is 0 Å². The van der Waals surface area contributed by atoms with Gasteiger partial charge in [0.15, 0.2) is 0 Å². The van der Waals surface area contributed by atoms with E-state index in [1.165, 1.54) is 0 Å². The average molecular weight is 182 g/mol. The van der Waals surface area contributed by atoms with Gasteiger partial charge in [0.05, 0.1) is 11.0 Å². The summed E-state index contributed by atoms with van der Waals surface area (Å²) in [4.78, 5) is 4.02. The topological polar surface area (TPSA) is 17.8 Å². The van der Waals surface area contributed by atoms with Crippen LogP contribution in [0.2, 0.25) is 0 Å². The molecule has 0 N–H and O–H groups in total. The van der Waals surface area contributed by atoms with Crippen LogP contribution in [0.25, 0.3) is 11.0 Å². The van der Waals surface area contributed by atoms with Gasteiger partial charge in [-0.15, -0.1) is 0 Å². The molecule has 0 aliphatic heterocycles. The Morgan fingerprint density at radius 3 is 2.69 bits per heavy atom. The van der Waals surface area contributed by atoms with Gasteiger partial charge in [-0.1, -0.05) is 12.1 Å². The van der Waals surface area contributed by atoms with E-state index in [0.717, 1.165) is 4.57 Å². The van der Waals surface area contributed by atoms with Crippen LogP contribution < -0.4 is 0 Å². The van der Waals surface area contributed by atoms with Gasteiger partial charge in [-0.25, -0.2) is 4.98 Å². The van der Waals surface area contributed by atoms with E-state index in [1.54, 1.807) is 31.2 Å². The fourth-order valence-electron chi connectivity index (χ4n) is 1.41. The van der Waals surface area contributed by atoms with E-state index in [-0.39, 0.29) is 0 Å². The van der Waals surface area contributed by atoms with E-state index >= 15 is 0 Å². The second-order valence-corrected chi connectivity index (χ2v) is 2.80. The van der Waals surface area contributed by atoms with Gasteiger partial charge < -0.3 is 0 Å². The fraction of sp³-hybridized carbons (Fsp3) is 0.222. The van der Waals surface area contributed by atoms with Crippen molar-refractivity contribution in [3.05, 3.63) is 30.1 Å². The fourth-order valence-corrected chi connectivity index (χ4v) is 1.41. The van der Waals surface area contributed by atoms with E-state index in [4.69, 9.17) is 0 Å². The van der Waals surface area contributed by atoms with Crippen LogP contribution in [0.4, 0.5) is 8.78 Å². The molecule has 0 amide bonds. The highest BCUT2D eigenvalue weighted by Gasteiger charge is 2.13. The number of rotatable bonds is 1. The SMILES string of the molecule is Cc1nc2ccccc2n1C(F)F. The molecule has 1 aromatic heterocycles. The predicted molar refractivity (Wildman–Crippen MR) is 45.7 cm³/mol. The maximum Gasteiger partial charge on any atom is 0.320 e. The third-order valence-electron chi connectivity index (χ3n) is 1.97. The standard InChI is InChI=1S/C9H8F2N2/c1-6-12-7-4-2-3-5-8(7)13(6)9(10)11/h2-5,9H,1H3. The number of hydrogen-bond acceptors (Lipinski definition) is 1. The minimum Gasteiger partial charge on any atom is -0.270 e. The minimum absolute atomic E-state index is 0.344. The average Bonchev–Trinajstić information content (AvgIpc) is 2.39. The third-order valence-corrected chi connectivity index (χ3v) is 1.97. The number of aromatic nitrogens is 2. The number of halogens is 2. The molecule has 1 heterocycles. The normalized spacial score (nSPS) is 11.4. The molecular weight excluding hydrogens is 174 g/mol. The zero-order valence-electron chi connectivity index (χ0n) is 7.04. The lowest BCUT2D eigenvalue weighted by molar-refractivity contribution is 0.0724. The summed E-state index contributed by atoms with van der Waals surface area (Å²) in [5, 5.41) is 0. The summed E-state index contributed by atoms with van der Waals surface area (Å²) in [6.45, 7) is -0.945. The van der Waals surface area contributed by atoms with E-state index < -0.39 is 6.55 Å². The largest absolute Gasteiger partial charge is 0.320 e.